The summed E-state index contributed by atoms with van der Waals surface area (Å²) in [5, 5.41) is 3.37. The van der Waals surface area contributed by atoms with Crippen LogP contribution in [0.1, 0.15) is 46.0 Å². The molecule has 1 N–H and O–H groups in total. The van der Waals surface area contributed by atoms with Gasteiger partial charge in [0.25, 0.3) is 0 Å². The van der Waals surface area contributed by atoms with Crippen molar-refractivity contribution in [1.29, 1.82) is 0 Å². The van der Waals surface area contributed by atoms with Gasteiger partial charge in [-0.25, -0.2) is 0 Å². The Kier molecular flexibility index (Phi) is 4.43. The van der Waals surface area contributed by atoms with Crippen LogP contribution in [0.3, 0.4) is 0 Å². The van der Waals surface area contributed by atoms with Crippen molar-refractivity contribution < 1.29 is 4.79 Å². The Labute approximate surface area is 105 Å². The van der Waals surface area contributed by atoms with Crippen molar-refractivity contribution in [1.82, 2.24) is 10.2 Å². The second-order valence-corrected chi connectivity index (χ2v) is 5.62. The molecule has 1 saturated carbocycles. The Morgan fingerprint density at radius 3 is 2.47 bits per heavy atom. The molecule has 1 saturated heterocycles. The number of nitrogens with one attached hydrogen (secondary N) is 1. The number of carbonyl (C=O) groups is 1. The van der Waals surface area contributed by atoms with Gasteiger partial charge in [-0.2, -0.15) is 0 Å². The predicted octanol–water partition coefficient (Wildman–Crippen LogP) is 2.02. The van der Waals surface area contributed by atoms with Crippen molar-refractivity contribution in [2.45, 2.75) is 52.0 Å². The van der Waals surface area contributed by atoms with Gasteiger partial charge in [-0.3, -0.25) is 4.79 Å². The first-order valence-corrected chi connectivity index (χ1v) is 7.25. The van der Waals surface area contributed by atoms with Gasteiger partial charge in [-0.1, -0.05) is 13.3 Å². The second kappa shape index (κ2) is 5.85. The van der Waals surface area contributed by atoms with E-state index in [2.05, 4.69) is 24.1 Å². The fraction of sp³-hybridized carbons (Fsp3) is 0.929. The maximum Gasteiger partial charge on any atom is 0.226 e. The maximum atomic E-state index is 12.6. The Morgan fingerprint density at radius 1 is 1.24 bits per heavy atom. The van der Waals surface area contributed by atoms with Crippen LogP contribution in [0.2, 0.25) is 0 Å². The number of nitrogens with zero attached hydrogens (tertiary/aromatic N) is 1. The Balaban J connectivity index is 1.98. The van der Waals surface area contributed by atoms with E-state index in [0.29, 0.717) is 23.8 Å². The monoisotopic (exact) mass is 238 g/mol. The van der Waals surface area contributed by atoms with Gasteiger partial charge in [-0.05, 0) is 51.6 Å². The predicted molar refractivity (Wildman–Crippen MR) is 69.8 cm³/mol. The minimum atomic E-state index is 0.310. The molecule has 2 unspecified atom stereocenters. The van der Waals surface area contributed by atoms with Crippen LogP contribution < -0.4 is 5.32 Å². The maximum absolute atomic E-state index is 12.6. The summed E-state index contributed by atoms with van der Waals surface area (Å²) >= 11 is 0. The van der Waals surface area contributed by atoms with E-state index >= 15 is 0 Å². The largest absolute Gasteiger partial charge is 0.340 e. The SMILES string of the molecule is CCN(C(=O)C1CCCC1C)C1CCNCC1. The van der Waals surface area contributed by atoms with Gasteiger partial charge >= 0.3 is 0 Å². The molecule has 98 valence electrons. The molecule has 1 heterocycles. The Morgan fingerprint density at radius 2 is 1.94 bits per heavy atom. The average molecular weight is 238 g/mol. The van der Waals surface area contributed by atoms with Crippen LogP contribution in [0.5, 0.6) is 0 Å². The van der Waals surface area contributed by atoms with Gasteiger partial charge < -0.3 is 10.2 Å². The molecular formula is C14H26N2O. The quantitative estimate of drug-likeness (QED) is 0.816. The van der Waals surface area contributed by atoms with Crippen LogP contribution in [0.25, 0.3) is 0 Å². The summed E-state index contributed by atoms with van der Waals surface area (Å²) in [5.41, 5.74) is 0. The number of hydrogen-bond acceptors (Lipinski definition) is 2. The van der Waals surface area contributed by atoms with Gasteiger partial charge in [0.1, 0.15) is 0 Å². The molecule has 0 spiro atoms. The number of hydrogen-bond donors (Lipinski definition) is 1. The van der Waals surface area contributed by atoms with Gasteiger partial charge in [0.2, 0.25) is 5.91 Å². The van der Waals surface area contributed by atoms with Crippen LogP contribution >= 0.6 is 0 Å². The molecule has 0 aromatic rings. The molecule has 2 aliphatic rings. The fourth-order valence-electron chi connectivity index (χ4n) is 3.44. The van der Waals surface area contributed by atoms with Crippen LogP contribution in [0.4, 0.5) is 0 Å². The van der Waals surface area contributed by atoms with Gasteiger partial charge in [-0.15, -0.1) is 0 Å². The highest BCUT2D eigenvalue weighted by atomic mass is 16.2. The highest BCUT2D eigenvalue weighted by molar-refractivity contribution is 5.79. The molecule has 0 aromatic carbocycles. The molecule has 2 fully saturated rings. The van der Waals surface area contributed by atoms with E-state index in [1.54, 1.807) is 0 Å². The third-order valence-electron chi connectivity index (χ3n) is 4.55. The topological polar surface area (TPSA) is 32.3 Å². The summed E-state index contributed by atoms with van der Waals surface area (Å²) in [7, 11) is 0. The molecule has 0 aromatic heterocycles. The van der Waals surface area contributed by atoms with Crippen LogP contribution in [0, 0.1) is 11.8 Å². The summed E-state index contributed by atoms with van der Waals surface area (Å²) in [6.07, 6.45) is 5.84. The smallest absolute Gasteiger partial charge is 0.226 e. The van der Waals surface area contributed by atoms with Crippen molar-refractivity contribution >= 4 is 5.91 Å². The van der Waals surface area contributed by atoms with Gasteiger partial charge in [0.15, 0.2) is 0 Å². The van der Waals surface area contributed by atoms with Crippen LogP contribution in [0.15, 0.2) is 0 Å². The zero-order valence-corrected chi connectivity index (χ0v) is 11.2. The fourth-order valence-corrected chi connectivity index (χ4v) is 3.44. The standard InChI is InChI=1S/C14H26N2O/c1-3-16(12-7-9-15-10-8-12)14(17)13-6-4-5-11(13)2/h11-13,15H,3-10H2,1-2H3. The third-order valence-corrected chi connectivity index (χ3v) is 4.55. The molecule has 1 aliphatic heterocycles. The van der Waals surface area contributed by atoms with Crippen molar-refractivity contribution in [2.24, 2.45) is 11.8 Å². The summed E-state index contributed by atoms with van der Waals surface area (Å²) in [5.74, 6) is 1.34. The van der Waals surface area contributed by atoms with Gasteiger partial charge in [0, 0.05) is 18.5 Å². The zero-order chi connectivity index (χ0) is 12.3. The van der Waals surface area contributed by atoms with E-state index in [1.807, 2.05) is 0 Å². The summed E-state index contributed by atoms with van der Waals surface area (Å²) in [6, 6.07) is 0.488. The Bertz CT molecular complexity index is 261. The molecule has 1 amide bonds. The second-order valence-electron chi connectivity index (χ2n) is 5.62. The van der Waals surface area contributed by atoms with Crippen molar-refractivity contribution in [2.75, 3.05) is 19.6 Å². The Hall–Kier alpha value is -0.570. The molecule has 3 nitrogen and oxygen atoms in total. The highest BCUT2D eigenvalue weighted by Gasteiger charge is 2.35. The minimum absolute atomic E-state index is 0.310. The van der Waals surface area contributed by atoms with Gasteiger partial charge in [0.05, 0.1) is 0 Å². The molecule has 2 atom stereocenters. The number of amides is 1. The normalized spacial score (nSPS) is 30.5. The first kappa shape index (κ1) is 12.9. The molecule has 2 rings (SSSR count). The minimum Gasteiger partial charge on any atom is -0.340 e. The zero-order valence-electron chi connectivity index (χ0n) is 11.2. The summed E-state index contributed by atoms with van der Waals surface area (Å²) < 4.78 is 0. The average Bonchev–Trinajstić information content (AvgIpc) is 2.77. The first-order valence-electron chi connectivity index (χ1n) is 7.25. The lowest BCUT2D eigenvalue weighted by molar-refractivity contribution is -0.139. The van der Waals surface area contributed by atoms with Crippen molar-refractivity contribution in [3.05, 3.63) is 0 Å². The lowest BCUT2D eigenvalue weighted by Crippen LogP contribution is -2.48. The number of rotatable bonds is 3. The molecule has 1 aliphatic carbocycles. The van der Waals surface area contributed by atoms with E-state index in [4.69, 9.17) is 0 Å². The van der Waals surface area contributed by atoms with E-state index in [1.165, 1.54) is 12.8 Å². The highest BCUT2D eigenvalue weighted by Crippen LogP contribution is 2.33. The van der Waals surface area contributed by atoms with E-state index in [0.717, 1.165) is 38.9 Å². The van der Waals surface area contributed by atoms with E-state index < -0.39 is 0 Å². The molecule has 17 heavy (non-hydrogen) atoms. The lowest BCUT2D eigenvalue weighted by atomic mass is 9.94. The summed E-state index contributed by atoms with van der Waals surface area (Å²) in [4.78, 5) is 14.8. The molecular weight excluding hydrogens is 212 g/mol. The van der Waals surface area contributed by atoms with Crippen LogP contribution in [-0.4, -0.2) is 36.5 Å². The number of piperidine rings is 1. The summed E-state index contributed by atoms with van der Waals surface area (Å²) in [6.45, 7) is 7.38. The van der Waals surface area contributed by atoms with Crippen LogP contribution in [-0.2, 0) is 4.79 Å². The van der Waals surface area contributed by atoms with E-state index in [-0.39, 0.29) is 0 Å². The molecule has 0 bridgehead atoms. The lowest BCUT2D eigenvalue weighted by Gasteiger charge is -2.36. The first-order chi connectivity index (χ1) is 8.24. The number of carbonyl (C=O) groups excluding carboxylic acids is 1. The molecule has 0 radical (unpaired) electrons. The van der Waals surface area contributed by atoms with E-state index in [9.17, 15) is 4.79 Å². The van der Waals surface area contributed by atoms with Crippen molar-refractivity contribution in [3.63, 3.8) is 0 Å². The van der Waals surface area contributed by atoms with Crippen molar-refractivity contribution in [3.8, 4) is 0 Å². The third kappa shape index (κ3) is 2.82. The molecule has 3 heteroatoms.